The summed E-state index contributed by atoms with van der Waals surface area (Å²) in [5.41, 5.74) is 6.82. The molecule has 0 aliphatic heterocycles. The lowest BCUT2D eigenvalue weighted by atomic mass is 9.95. The van der Waals surface area contributed by atoms with Crippen molar-refractivity contribution in [2.75, 3.05) is 11.1 Å². The molecule has 17 heavy (non-hydrogen) atoms. The summed E-state index contributed by atoms with van der Waals surface area (Å²) in [7, 11) is 0. The van der Waals surface area contributed by atoms with Crippen LogP contribution in [0.3, 0.4) is 0 Å². The van der Waals surface area contributed by atoms with Crippen LogP contribution in [0.15, 0.2) is 18.2 Å². The Labute approximate surface area is 102 Å². The molecule has 0 aromatic heterocycles. The van der Waals surface area contributed by atoms with Gasteiger partial charge >= 0.3 is 5.97 Å². The number of hydrogen-bond donors (Lipinski definition) is 3. The van der Waals surface area contributed by atoms with Crippen molar-refractivity contribution < 1.29 is 9.90 Å². The fourth-order valence-corrected chi connectivity index (χ4v) is 1.59. The van der Waals surface area contributed by atoms with Gasteiger partial charge in [0.2, 0.25) is 0 Å². The quantitative estimate of drug-likeness (QED) is 0.687. The molecule has 0 unspecified atom stereocenters. The lowest BCUT2D eigenvalue weighted by Crippen LogP contribution is -2.33. The van der Waals surface area contributed by atoms with E-state index in [0.717, 1.165) is 18.5 Å². The fourth-order valence-electron chi connectivity index (χ4n) is 1.59. The molecule has 0 bridgehead atoms. The Morgan fingerprint density at radius 2 is 2.00 bits per heavy atom. The van der Waals surface area contributed by atoms with Crippen LogP contribution in [0.2, 0.25) is 0 Å². The largest absolute Gasteiger partial charge is 0.478 e. The number of benzene rings is 1. The highest BCUT2D eigenvalue weighted by Gasteiger charge is 2.19. The molecule has 0 aliphatic rings. The number of hydrogen-bond acceptors (Lipinski definition) is 3. The van der Waals surface area contributed by atoms with Crippen molar-refractivity contribution in [3.8, 4) is 0 Å². The summed E-state index contributed by atoms with van der Waals surface area (Å²) in [6.45, 7) is 6.32. The van der Waals surface area contributed by atoms with Crippen molar-refractivity contribution in [3.05, 3.63) is 23.8 Å². The molecule has 1 aromatic carbocycles. The molecule has 1 aromatic rings. The van der Waals surface area contributed by atoms with Crippen molar-refractivity contribution in [1.29, 1.82) is 0 Å². The minimum atomic E-state index is -0.999. The average Bonchev–Trinajstić information content (AvgIpc) is 2.31. The van der Waals surface area contributed by atoms with Crippen molar-refractivity contribution in [2.24, 2.45) is 0 Å². The Kier molecular flexibility index (Phi) is 3.99. The number of nitrogen functional groups attached to an aromatic ring is 1. The van der Waals surface area contributed by atoms with Gasteiger partial charge in [0.05, 0.1) is 5.56 Å². The minimum Gasteiger partial charge on any atom is -0.478 e. The molecule has 0 fully saturated rings. The molecule has 4 nitrogen and oxygen atoms in total. The lowest BCUT2D eigenvalue weighted by molar-refractivity contribution is 0.0698. The fraction of sp³-hybridized carbons (Fsp3) is 0.462. The monoisotopic (exact) mass is 236 g/mol. The molecule has 0 saturated carbocycles. The number of rotatable bonds is 5. The molecule has 0 amide bonds. The van der Waals surface area contributed by atoms with Crippen molar-refractivity contribution in [2.45, 2.75) is 39.2 Å². The van der Waals surface area contributed by atoms with Crippen LogP contribution in [0.1, 0.15) is 44.0 Å². The van der Waals surface area contributed by atoms with E-state index < -0.39 is 5.97 Å². The van der Waals surface area contributed by atoms with E-state index in [-0.39, 0.29) is 16.8 Å². The third-order valence-electron chi connectivity index (χ3n) is 3.29. The molecular formula is C13H20N2O2. The van der Waals surface area contributed by atoms with Crippen LogP contribution < -0.4 is 11.1 Å². The zero-order chi connectivity index (χ0) is 13.1. The van der Waals surface area contributed by atoms with Gasteiger partial charge in [-0.05, 0) is 38.0 Å². The second-order valence-corrected chi connectivity index (χ2v) is 4.50. The topological polar surface area (TPSA) is 75.3 Å². The van der Waals surface area contributed by atoms with Crippen molar-refractivity contribution in [3.63, 3.8) is 0 Å². The van der Waals surface area contributed by atoms with Crippen LogP contribution >= 0.6 is 0 Å². The highest BCUT2D eigenvalue weighted by Crippen LogP contribution is 2.24. The first-order valence-corrected chi connectivity index (χ1v) is 5.83. The first kappa shape index (κ1) is 13.4. The lowest BCUT2D eigenvalue weighted by Gasteiger charge is -2.29. The van der Waals surface area contributed by atoms with Crippen LogP contribution in [0, 0.1) is 0 Å². The number of carbonyl (C=O) groups is 1. The van der Waals surface area contributed by atoms with Crippen LogP contribution in [0.5, 0.6) is 0 Å². The van der Waals surface area contributed by atoms with E-state index in [1.165, 1.54) is 0 Å². The summed E-state index contributed by atoms with van der Waals surface area (Å²) in [6, 6.07) is 5.02. The molecule has 1 rings (SSSR count). The van der Waals surface area contributed by atoms with Crippen LogP contribution in [-0.4, -0.2) is 16.6 Å². The standard InChI is InChI=1S/C13H20N2O2/c1-4-13(3,5-2)15-9-6-7-11(14)10(8-9)12(16)17/h6-8,15H,4-5,14H2,1-3H3,(H,16,17). The van der Waals surface area contributed by atoms with E-state index in [1.807, 2.05) is 6.07 Å². The smallest absolute Gasteiger partial charge is 0.337 e. The molecular weight excluding hydrogens is 216 g/mol. The van der Waals surface area contributed by atoms with Gasteiger partial charge in [0.15, 0.2) is 0 Å². The molecule has 4 heteroatoms. The van der Waals surface area contributed by atoms with Gasteiger partial charge in [0, 0.05) is 16.9 Å². The third-order valence-corrected chi connectivity index (χ3v) is 3.29. The summed E-state index contributed by atoms with van der Waals surface area (Å²) in [5, 5.41) is 12.4. The molecule has 0 atom stereocenters. The van der Waals surface area contributed by atoms with E-state index in [9.17, 15) is 4.79 Å². The van der Waals surface area contributed by atoms with Gasteiger partial charge in [-0.3, -0.25) is 0 Å². The summed E-state index contributed by atoms with van der Waals surface area (Å²) < 4.78 is 0. The SMILES string of the molecule is CCC(C)(CC)Nc1ccc(N)c(C(=O)O)c1. The Morgan fingerprint density at radius 1 is 1.41 bits per heavy atom. The van der Waals surface area contributed by atoms with Gasteiger partial charge in [-0.2, -0.15) is 0 Å². The Balaban J connectivity index is 3.01. The predicted octanol–water partition coefficient (Wildman–Crippen LogP) is 2.96. The Morgan fingerprint density at radius 3 is 2.47 bits per heavy atom. The summed E-state index contributed by atoms with van der Waals surface area (Å²) in [4.78, 5) is 11.0. The van der Waals surface area contributed by atoms with Crippen LogP contribution in [0.4, 0.5) is 11.4 Å². The second-order valence-electron chi connectivity index (χ2n) is 4.50. The first-order valence-electron chi connectivity index (χ1n) is 5.83. The van der Waals surface area contributed by atoms with Crippen molar-refractivity contribution in [1.82, 2.24) is 0 Å². The average molecular weight is 236 g/mol. The first-order chi connectivity index (χ1) is 7.91. The van der Waals surface area contributed by atoms with Crippen LogP contribution in [0.25, 0.3) is 0 Å². The predicted molar refractivity (Wildman–Crippen MR) is 70.4 cm³/mol. The number of anilines is 2. The van der Waals surface area contributed by atoms with Gasteiger partial charge in [-0.15, -0.1) is 0 Å². The van der Waals surface area contributed by atoms with E-state index >= 15 is 0 Å². The molecule has 0 heterocycles. The number of nitrogens with two attached hydrogens (primary N) is 1. The molecule has 94 valence electrons. The van der Waals surface area contributed by atoms with Crippen molar-refractivity contribution >= 4 is 17.3 Å². The van der Waals surface area contributed by atoms with E-state index in [4.69, 9.17) is 10.8 Å². The molecule has 0 aliphatic carbocycles. The number of carboxylic acid groups (broad SMARTS) is 1. The third kappa shape index (κ3) is 3.12. The van der Waals surface area contributed by atoms with Gasteiger partial charge in [-0.1, -0.05) is 13.8 Å². The second kappa shape index (κ2) is 5.08. The normalized spacial score (nSPS) is 11.2. The summed E-state index contributed by atoms with van der Waals surface area (Å²) in [6.07, 6.45) is 1.94. The van der Waals surface area contributed by atoms with Gasteiger partial charge in [0.25, 0.3) is 0 Å². The minimum absolute atomic E-state index is 0.0219. The van der Waals surface area contributed by atoms with Gasteiger partial charge in [0.1, 0.15) is 0 Å². The number of carboxylic acids is 1. The Bertz CT molecular complexity index is 412. The maximum Gasteiger partial charge on any atom is 0.337 e. The zero-order valence-corrected chi connectivity index (χ0v) is 10.6. The maximum atomic E-state index is 11.0. The maximum absolute atomic E-state index is 11.0. The molecule has 0 radical (unpaired) electrons. The highest BCUT2D eigenvalue weighted by molar-refractivity contribution is 5.94. The van der Waals surface area contributed by atoms with Gasteiger partial charge < -0.3 is 16.2 Å². The summed E-state index contributed by atoms with van der Waals surface area (Å²) >= 11 is 0. The molecule has 0 spiro atoms. The highest BCUT2D eigenvalue weighted by atomic mass is 16.4. The van der Waals surface area contributed by atoms with Gasteiger partial charge in [-0.25, -0.2) is 4.79 Å². The van der Waals surface area contributed by atoms with E-state index in [1.54, 1.807) is 12.1 Å². The zero-order valence-electron chi connectivity index (χ0n) is 10.6. The summed E-state index contributed by atoms with van der Waals surface area (Å²) in [5.74, 6) is -0.999. The Hall–Kier alpha value is -1.71. The van der Waals surface area contributed by atoms with E-state index in [0.29, 0.717) is 0 Å². The molecule has 0 saturated heterocycles. The van der Waals surface area contributed by atoms with Crippen LogP contribution in [-0.2, 0) is 0 Å². The van der Waals surface area contributed by atoms with E-state index in [2.05, 4.69) is 26.1 Å². The number of nitrogens with one attached hydrogen (secondary N) is 1. The molecule has 4 N–H and O–H groups in total. The number of aromatic carboxylic acids is 1.